The van der Waals surface area contributed by atoms with Gasteiger partial charge in [-0.1, -0.05) is 22.4 Å². The molecule has 0 heterocycles. The van der Waals surface area contributed by atoms with Gasteiger partial charge >= 0.3 is 0 Å². The van der Waals surface area contributed by atoms with Gasteiger partial charge in [0.25, 0.3) is 0 Å². The van der Waals surface area contributed by atoms with E-state index in [2.05, 4.69) is 21.2 Å². The smallest absolute Gasteiger partial charge is 0.230 e. The molecule has 0 saturated heterocycles. The number of amides is 1. The first-order valence-electron chi connectivity index (χ1n) is 4.24. The van der Waals surface area contributed by atoms with Crippen molar-refractivity contribution in [3.8, 4) is 0 Å². The number of hydrogen-bond donors (Lipinski definition) is 2. The Hall–Kier alpha value is -0.0900. The van der Waals surface area contributed by atoms with Crippen molar-refractivity contribution >= 4 is 21.8 Å². The molecule has 0 spiro atoms. The highest BCUT2D eigenvalue weighted by molar-refractivity contribution is 9.09. The Morgan fingerprint density at radius 2 is 2.33 bits per heavy atom. The van der Waals surface area contributed by atoms with Crippen LogP contribution in [0, 0.1) is 5.92 Å². The molecule has 4 heteroatoms. The number of nitrogens with one attached hydrogen (secondary N) is 1. The van der Waals surface area contributed by atoms with Gasteiger partial charge in [0.15, 0.2) is 0 Å². The summed E-state index contributed by atoms with van der Waals surface area (Å²) < 4.78 is 0. The summed E-state index contributed by atoms with van der Waals surface area (Å²) in [5.41, 5.74) is 0. The fourth-order valence-electron chi connectivity index (χ4n) is 1.69. The standard InChI is InChI=1S/C8H14BrNO2/c9-4-8(12)10-7-3-1-2-6(7)5-11/h6-7,11H,1-5H2,(H,10,12). The molecule has 0 aliphatic heterocycles. The van der Waals surface area contributed by atoms with E-state index < -0.39 is 0 Å². The van der Waals surface area contributed by atoms with Crippen molar-refractivity contribution in [2.75, 3.05) is 11.9 Å². The molecule has 12 heavy (non-hydrogen) atoms. The van der Waals surface area contributed by atoms with Crippen LogP contribution in [-0.4, -0.2) is 29.0 Å². The molecule has 0 aromatic carbocycles. The molecule has 2 N–H and O–H groups in total. The second-order valence-electron chi connectivity index (χ2n) is 3.18. The van der Waals surface area contributed by atoms with Crippen LogP contribution in [-0.2, 0) is 4.79 Å². The highest BCUT2D eigenvalue weighted by Crippen LogP contribution is 2.24. The molecule has 1 fully saturated rings. The van der Waals surface area contributed by atoms with Gasteiger partial charge in [0.05, 0.1) is 5.33 Å². The summed E-state index contributed by atoms with van der Waals surface area (Å²) in [5, 5.41) is 12.2. The molecule has 70 valence electrons. The monoisotopic (exact) mass is 235 g/mol. The van der Waals surface area contributed by atoms with E-state index in [0.717, 1.165) is 19.3 Å². The Balaban J connectivity index is 2.35. The normalized spacial score (nSPS) is 28.8. The maximum Gasteiger partial charge on any atom is 0.230 e. The molecule has 3 nitrogen and oxygen atoms in total. The highest BCUT2D eigenvalue weighted by atomic mass is 79.9. The summed E-state index contributed by atoms with van der Waals surface area (Å²) in [6, 6.07) is 0.194. The van der Waals surface area contributed by atoms with Crippen molar-refractivity contribution in [3.05, 3.63) is 0 Å². The first kappa shape index (κ1) is 9.99. The average molecular weight is 236 g/mol. The van der Waals surface area contributed by atoms with Crippen molar-refractivity contribution in [2.24, 2.45) is 5.92 Å². The van der Waals surface area contributed by atoms with Crippen LogP contribution in [0.2, 0.25) is 0 Å². The Morgan fingerprint density at radius 3 is 2.92 bits per heavy atom. The van der Waals surface area contributed by atoms with Crippen molar-refractivity contribution in [1.82, 2.24) is 5.32 Å². The predicted octanol–water partition coefficient (Wildman–Crippen LogP) is 0.658. The predicted molar refractivity (Wildman–Crippen MR) is 50.2 cm³/mol. The van der Waals surface area contributed by atoms with E-state index in [4.69, 9.17) is 5.11 Å². The van der Waals surface area contributed by atoms with Crippen LogP contribution in [0.4, 0.5) is 0 Å². The van der Waals surface area contributed by atoms with Crippen molar-refractivity contribution in [1.29, 1.82) is 0 Å². The molecule has 1 aliphatic carbocycles. The summed E-state index contributed by atoms with van der Waals surface area (Å²) in [6.07, 6.45) is 3.14. The molecule has 0 bridgehead atoms. The number of aliphatic hydroxyl groups is 1. The minimum atomic E-state index is 0.0142. The topological polar surface area (TPSA) is 49.3 Å². The van der Waals surface area contributed by atoms with Gasteiger partial charge in [-0.3, -0.25) is 4.79 Å². The van der Waals surface area contributed by atoms with Crippen LogP contribution in [0.1, 0.15) is 19.3 Å². The minimum absolute atomic E-state index is 0.0142. The van der Waals surface area contributed by atoms with E-state index in [1.807, 2.05) is 0 Å². The summed E-state index contributed by atoms with van der Waals surface area (Å²) >= 11 is 3.09. The number of hydrogen-bond acceptors (Lipinski definition) is 2. The Morgan fingerprint density at radius 1 is 1.58 bits per heavy atom. The van der Waals surface area contributed by atoms with Crippen molar-refractivity contribution in [2.45, 2.75) is 25.3 Å². The fourth-order valence-corrected chi connectivity index (χ4v) is 1.85. The molecule has 0 radical (unpaired) electrons. The van der Waals surface area contributed by atoms with Gasteiger partial charge in [-0.05, 0) is 12.8 Å². The van der Waals surface area contributed by atoms with Gasteiger partial charge in [-0.25, -0.2) is 0 Å². The molecular formula is C8H14BrNO2. The average Bonchev–Trinajstić information content (AvgIpc) is 2.51. The minimum Gasteiger partial charge on any atom is -0.396 e. The lowest BCUT2D eigenvalue weighted by atomic mass is 10.1. The Kier molecular flexibility index (Phi) is 4.01. The third kappa shape index (κ3) is 2.45. The van der Waals surface area contributed by atoms with E-state index in [1.54, 1.807) is 0 Å². The number of rotatable bonds is 3. The van der Waals surface area contributed by atoms with Crippen molar-refractivity contribution < 1.29 is 9.90 Å². The molecule has 0 aromatic heterocycles. The lowest BCUT2D eigenvalue weighted by Crippen LogP contribution is -2.39. The van der Waals surface area contributed by atoms with Gasteiger partial charge in [0.1, 0.15) is 0 Å². The summed E-state index contributed by atoms with van der Waals surface area (Å²) in [5.74, 6) is 0.286. The van der Waals surface area contributed by atoms with Gasteiger partial charge in [0.2, 0.25) is 5.91 Å². The van der Waals surface area contributed by atoms with Gasteiger partial charge in [0, 0.05) is 18.6 Å². The van der Waals surface area contributed by atoms with Crippen LogP contribution in [0.15, 0.2) is 0 Å². The van der Waals surface area contributed by atoms with Crippen LogP contribution in [0.25, 0.3) is 0 Å². The van der Waals surface area contributed by atoms with Crippen molar-refractivity contribution in [3.63, 3.8) is 0 Å². The number of carbonyl (C=O) groups excluding carboxylic acids is 1. The van der Waals surface area contributed by atoms with Crippen LogP contribution in [0.5, 0.6) is 0 Å². The molecule has 1 saturated carbocycles. The number of carbonyl (C=O) groups is 1. The lowest BCUT2D eigenvalue weighted by molar-refractivity contribution is -0.119. The number of alkyl halides is 1. The summed E-state index contributed by atoms with van der Waals surface area (Å²) in [6.45, 7) is 0.188. The van der Waals surface area contributed by atoms with E-state index in [9.17, 15) is 4.79 Å². The Labute approximate surface area is 80.7 Å². The van der Waals surface area contributed by atoms with E-state index in [-0.39, 0.29) is 24.5 Å². The second-order valence-corrected chi connectivity index (χ2v) is 3.74. The lowest BCUT2D eigenvalue weighted by Gasteiger charge is -2.18. The fraction of sp³-hybridized carbons (Fsp3) is 0.875. The number of halogens is 1. The largest absolute Gasteiger partial charge is 0.396 e. The van der Waals surface area contributed by atoms with E-state index in [0.29, 0.717) is 5.33 Å². The van der Waals surface area contributed by atoms with Gasteiger partial charge in [-0.2, -0.15) is 0 Å². The highest BCUT2D eigenvalue weighted by Gasteiger charge is 2.27. The van der Waals surface area contributed by atoms with Gasteiger partial charge < -0.3 is 10.4 Å². The van der Waals surface area contributed by atoms with Crippen LogP contribution >= 0.6 is 15.9 Å². The maximum atomic E-state index is 11.0. The van der Waals surface area contributed by atoms with E-state index >= 15 is 0 Å². The summed E-state index contributed by atoms with van der Waals surface area (Å²) in [4.78, 5) is 11.0. The SMILES string of the molecule is O=C(CBr)NC1CCCC1CO. The first-order valence-corrected chi connectivity index (χ1v) is 5.36. The first-order chi connectivity index (χ1) is 5.77. The zero-order valence-corrected chi connectivity index (χ0v) is 8.51. The van der Waals surface area contributed by atoms with Gasteiger partial charge in [-0.15, -0.1) is 0 Å². The maximum absolute atomic E-state index is 11.0. The molecule has 1 aliphatic rings. The number of aliphatic hydroxyl groups excluding tert-OH is 1. The molecular weight excluding hydrogens is 222 g/mol. The third-order valence-corrected chi connectivity index (χ3v) is 2.87. The van der Waals surface area contributed by atoms with E-state index in [1.165, 1.54) is 0 Å². The molecule has 1 amide bonds. The van der Waals surface area contributed by atoms with Crippen LogP contribution in [0.3, 0.4) is 0 Å². The zero-order valence-electron chi connectivity index (χ0n) is 6.92. The molecule has 2 unspecified atom stereocenters. The molecule has 0 aromatic rings. The summed E-state index contributed by atoms with van der Waals surface area (Å²) in [7, 11) is 0. The second kappa shape index (κ2) is 4.82. The quantitative estimate of drug-likeness (QED) is 0.707. The Bertz CT molecular complexity index is 163. The molecule has 2 atom stereocenters. The van der Waals surface area contributed by atoms with Crippen LogP contribution < -0.4 is 5.32 Å². The zero-order chi connectivity index (χ0) is 8.97. The molecule has 1 rings (SSSR count). The third-order valence-electron chi connectivity index (χ3n) is 2.36.